The summed E-state index contributed by atoms with van der Waals surface area (Å²) in [5.41, 5.74) is 3.23. The molecule has 2 atom stereocenters. The van der Waals surface area contributed by atoms with Crippen molar-refractivity contribution in [2.75, 3.05) is 6.54 Å². The van der Waals surface area contributed by atoms with Crippen LogP contribution in [0.2, 0.25) is 12.1 Å². The minimum Gasteiger partial charge on any atom is -0.299 e. The van der Waals surface area contributed by atoms with Crippen molar-refractivity contribution in [1.29, 1.82) is 0 Å². The molecule has 0 radical (unpaired) electrons. The molecule has 1 aliphatic rings. The summed E-state index contributed by atoms with van der Waals surface area (Å²) in [6.45, 7) is 7.80. The number of hydrogen-bond donors (Lipinski definition) is 1. The van der Waals surface area contributed by atoms with Crippen LogP contribution in [0.4, 0.5) is 0 Å². The highest BCUT2D eigenvalue weighted by Crippen LogP contribution is 2.38. The zero-order chi connectivity index (χ0) is 11.9. The van der Waals surface area contributed by atoms with Gasteiger partial charge in [0.25, 0.3) is 0 Å². The fourth-order valence-corrected chi connectivity index (χ4v) is 7.40. The standard InChI is InChI=1S/C13H29NOSi/c1-4-8-13(15-14-10-5-2)9-7-12-16(13)11-6-3/h14,16H,4-12H2,1-3H3. The molecule has 0 amide bonds. The molecule has 1 rings (SSSR count). The van der Waals surface area contributed by atoms with Crippen LogP contribution in [0.5, 0.6) is 0 Å². The van der Waals surface area contributed by atoms with E-state index in [0.717, 1.165) is 13.0 Å². The minimum atomic E-state index is -0.677. The molecular formula is C13H29NOSi. The molecule has 3 heteroatoms. The molecule has 96 valence electrons. The zero-order valence-electron chi connectivity index (χ0n) is 11.3. The summed E-state index contributed by atoms with van der Waals surface area (Å²) in [6.07, 6.45) is 7.77. The number of rotatable bonds is 8. The highest BCUT2D eigenvalue weighted by molar-refractivity contribution is 6.62. The van der Waals surface area contributed by atoms with Crippen LogP contribution < -0.4 is 5.48 Å². The van der Waals surface area contributed by atoms with Gasteiger partial charge in [-0.3, -0.25) is 4.84 Å². The van der Waals surface area contributed by atoms with E-state index in [1.807, 2.05) is 0 Å². The third-order valence-corrected chi connectivity index (χ3v) is 8.40. The van der Waals surface area contributed by atoms with Gasteiger partial charge < -0.3 is 0 Å². The van der Waals surface area contributed by atoms with E-state index in [9.17, 15) is 0 Å². The lowest BCUT2D eigenvalue weighted by Gasteiger charge is -2.34. The van der Waals surface area contributed by atoms with Gasteiger partial charge in [-0.25, -0.2) is 5.48 Å². The van der Waals surface area contributed by atoms with Crippen LogP contribution in [-0.4, -0.2) is 20.6 Å². The average molecular weight is 243 g/mol. The summed E-state index contributed by atoms with van der Waals surface area (Å²) < 4.78 is 0. The largest absolute Gasteiger partial charge is 0.299 e. The third kappa shape index (κ3) is 3.57. The summed E-state index contributed by atoms with van der Waals surface area (Å²) in [7, 11) is -0.677. The Labute approximate surface area is 103 Å². The Hall–Kier alpha value is 0.137. The van der Waals surface area contributed by atoms with Gasteiger partial charge in [-0.2, -0.15) is 0 Å². The van der Waals surface area contributed by atoms with Crippen molar-refractivity contribution < 1.29 is 4.84 Å². The molecule has 0 aromatic carbocycles. The van der Waals surface area contributed by atoms with Crippen LogP contribution in [0, 0.1) is 0 Å². The van der Waals surface area contributed by atoms with Gasteiger partial charge in [0.2, 0.25) is 0 Å². The Morgan fingerprint density at radius 2 is 2.00 bits per heavy atom. The van der Waals surface area contributed by atoms with Crippen molar-refractivity contribution in [3.63, 3.8) is 0 Å². The first-order chi connectivity index (χ1) is 7.79. The van der Waals surface area contributed by atoms with E-state index in [2.05, 4.69) is 26.3 Å². The second kappa shape index (κ2) is 7.46. The van der Waals surface area contributed by atoms with E-state index >= 15 is 0 Å². The van der Waals surface area contributed by atoms with E-state index < -0.39 is 8.80 Å². The van der Waals surface area contributed by atoms with E-state index in [1.165, 1.54) is 44.2 Å². The maximum Gasteiger partial charge on any atom is 0.0783 e. The average Bonchev–Trinajstić information content (AvgIpc) is 2.64. The fraction of sp³-hybridized carbons (Fsp3) is 1.00. The Kier molecular flexibility index (Phi) is 6.62. The van der Waals surface area contributed by atoms with E-state index in [0.29, 0.717) is 5.22 Å². The van der Waals surface area contributed by atoms with Crippen molar-refractivity contribution in [2.24, 2.45) is 0 Å². The molecule has 0 aromatic heterocycles. The van der Waals surface area contributed by atoms with Crippen LogP contribution in [-0.2, 0) is 4.84 Å². The first-order valence-electron chi connectivity index (χ1n) is 7.20. The Morgan fingerprint density at radius 3 is 2.62 bits per heavy atom. The summed E-state index contributed by atoms with van der Waals surface area (Å²) in [5.74, 6) is 0. The van der Waals surface area contributed by atoms with Gasteiger partial charge in [0, 0.05) is 6.54 Å². The molecule has 1 aliphatic heterocycles. The highest BCUT2D eigenvalue weighted by Gasteiger charge is 2.43. The van der Waals surface area contributed by atoms with E-state index in [1.54, 1.807) is 0 Å². The lowest BCUT2D eigenvalue weighted by Crippen LogP contribution is -2.47. The molecule has 0 aromatic rings. The van der Waals surface area contributed by atoms with Gasteiger partial charge >= 0.3 is 0 Å². The van der Waals surface area contributed by atoms with Crippen LogP contribution in [0.3, 0.4) is 0 Å². The fourth-order valence-electron chi connectivity index (χ4n) is 3.11. The maximum absolute atomic E-state index is 6.15. The van der Waals surface area contributed by atoms with Gasteiger partial charge in [0.1, 0.15) is 0 Å². The normalized spacial score (nSPS) is 29.8. The molecule has 2 nitrogen and oxygen atoms in total. The molecule has 16 heavy (non-hydrogen) atoms. The summed E-state index contributed by atoms with van der Waals surface area (Å²) in [5, 5.41) is 0.292. The lowest BCUT2D eigenvalue weighted by molar-refractivity contribution is -0.0628. The highest BCUT2D eigenvalue weighted by atomic mass is 28.3. The van der Waals surface area contributed by atoms with Crippen LogP contribution >= 0.6 is 0 Å². The van der Waals surface area contributed by atoms with Gasteiger partial charge in [-0.05, 0) is 19.3 Å². The van der Waals surface area contributed by atoms with Crippen LogP contribution in [0.25, 0.3) is 0 Å². The molecule has 1 saturated heterocycles. The molecular weight excluding hydrogens is 214 g/mol. The van der Waals surface area contributed by atoms with Crippen molar-refractivity contribution in [3.8, 4) is 0 Å². The quantitative estimate of drug-likeness (QED) is 0.401. The first-order valence-corrected chi connectivity index (χ1v) is 9.41. The number of hydroxylamine groups is 1. The zero-order valence-corrected chi connectivity index (χ0v) is 12.5. The van der Waals surface area contributed by atoms with Crippen molar-refractivity contribution >= 4 is 8.80 Å². The van der Waals surface area contributed by atoms with Crippen molar-refractivity contribution in [1.82, 2.24) is 5.48 Å². The molecule has 1 heterocycles. The SMILES string of the molecule is CCCNOC1(CCC)CCC[SiH]1CCC. The minimum absolute atomic E-state index is 0.292. The second-order valence-electron chi connectivity index (χ2n) is 5.19. The first kappa shape index (κ1) is 14.2. The molecule has 0 bridgehead atoms. The molecule has 0 saturated carbocycles. The summed E-state index contributed by atoms with van der Waals surface area (Å²) >= 11 is 0. The number of nitrogens with one attached hydrogen (secondary N) is 1. The molecule has 0 spiro atoms. The second-order valence-corrected chi connectivity index (χ2v) is 8.79. The smallest absolute Gasteiger partial charge is 0.0783 e. The topological polar surface area (TPSA) is 21.3 Å². The molecule has 1 fully saturated rings. The van der Waals surface area contributed by atoms with Gasteiger partial charge in [0.05, 0.1) is 14.0 Å². The maximum atomic E-state index is 6.15. The predicted octanol–water partition coefficient (Wildman–Crippen LogP) is 3.43. The van der Waals surface area contributed by atoms with Crippen LogP contribution in [0.15, 0.2) is 0 Å². The predicted molar refractivity (Wildman–Crippen MR) is 73.3 cm³/mol. The van der Waals surface area contributed by atoms with E-state index in [-0.39, 0.29) is 0 Å². The van der Waals surface area contributed by atoms with E-state index in [4.69, 9.17) is 4.84 Å². The van der Waals surface area contributed by atoms with Crippen LogP contribution in [0.1, 0.15) is 59.3 Å². The van der Waals surface area contributed by atoms with Crippen molar-refractivity contribution in [3.05, 3.63) is 0 Å². The Balaban J connectivity index is 2.54. The van der Waals surface area contributed by atoms with Crippen molar-refractivity contribution in [2.45, 2.75) is 76.6 Å². The third-order valence-electron chi connectivity index (χ3n) is 3.83. The molecule has 1 N–H and O–H groups in total. The Morgan fingerprint density at radius 1 is 1.19 bits per heavy atom. The van der Waals surface area contributed by atoms with Gasteiger partial charge in [0.15, 0.2) is 0 Å². The summed E-state index contributed by atoms with van der Waals surface area (Å²) in [6, 6.07) is 2.97. The van der Waals surface area contributed by atoms with Gasteiger partial charge in [-0.15, -0.1) is 0 Å². The molecule has 2 unspecified atom stereocenters. The van der Waals surface area contributed by atoms with Gasteiger partial charge in [-0.1, -0.05) is 52.1 Å². The lowest BCUT2D eigenvalue weighted by atomic mass is 10.1. The Bertz CT molecular complexity index is 189. The number of hydrogen-bond acceptors (Lipinski definition) is 2. The molecule has 0 aliphatic carbocycles. The monoisotopic (exact) mass is 243 g/mol. The summed E-state index contributed by atoms with van der Waals surface area (Å²) in [4.78, 5) is 6.15.